The van der Waals surface area contributed by atoms with Crippen molar-refractivity contribution in [3.8, 4) is 22.4 Å². The van der Waals surface area contributed by atoms with Crippen molar-refractivity contribution in [1.29, 1.82) is 0 Å². The first kappa shape index (κ1) is 16.9. The molecule has 0 amide bonds. The Morgan fingerprint density at radius 3 is 2.08 bits per heavy atom. The molecular formula is C18H16N2O4S. The predicted octanol–water partition coefficient (Wildman–Crippen LogP) is 3.46. The van der Waals surface area contributed by atoms with Gasteiger partial charge in [-0.3, -0.25) is 0 Å². The third-order valence-electron chi connectivity index (χ3n) is 3.83. The second-order valence-electron chi connectivity index (χ2n) is 5.78. The number of hydrogen-bond donors (Lipinski definition) is 1. The van der Waals surface area contributed by atoms with Gasteiger partial charge in [0, 0.05) is 23.6 Å². The summed E-state index contributed by atoms with van der Waals surface area (Å²) in [6.45, 7) is 1.97. The number of aromatic nitrogens is 2. The molecule has 1 heterocycles. The van der Waals surface area contributed by atoms with E-state index in [1.165, 1.54) is 18.3 Å². The summed E-state index contributed by atoms with van der Waals surface area (Å²) in [5, 5.41) is 13.4. The molecule has 0 aliphatic rings. The van der Waals surface area contributed by atoms with Gasteiger partial charge in [-0.2, -0.15) is 9.78 Å². The fourth-order valence-corrected chi connectivity index (χ4v) is 3.12. The van der Waals surface area contributed by atoms with Crippen molar-refractivity contribution in [3.63, 3.8) is 0 Å². The molecule has 0 atom stereocenters. The molecule has 0 saturated heterocycles. The summed E-state index contributed by atoms with van der Waals surface area (Å²) in [7, 11) is -3.30. The van der Waals surface area contributed by atoms with Crippen LogP contribution in [0, 0.1) is 6.92 Å². The normalized spacial score (nSPS) is 11.4. The average molecular weight is 356 g/mol. The zero-order valence-electron chi connectivity index (χ0n) is 13.7. The maximum atomic E-state index is 11.6. The molecule has 0 aliphatic carbocycles. The molecule has 0 unspecified atom stereocenters. The standard InChI is InChI=1S/C18H16N2O4S/c1-12-3-5-13(6-4-12)16-11-20(18(21)22)19-17(16)14-7-9-15(10-8-14)25(2,23)24/h3-11H,1-2H3,(H,21,22). The summed E-state index contributed by atoms with van der Waals surface area (Å²) >= 11 is 0. The van der Waals surface area contributed by atoms with Crippen LogP contribution in [0.5, 0.6) is 0 Å². The van der Waals surface area contributed by atoms with Crippen molar-refractivity contribution >= 4 is 15.9 Å². The quantitative estimate of drug-likeness (QED) is 0.776. The molecule has 1 N–H and O–H groups in total. The molecule has 0 spiro atoms. The van der Waals surface area contributed by atoms with E-state index in [0.29, 0.717) is 16.8 Å². The number of rotatable bonds is 3. The summed E-state index contributed by atoms with van der Waals surface area (Å²) in [6.07, 6.45) is 1.40. The van der Waals surface area contributed by atoms with Gasteiger partial charge < -0.3 is 5.11 Å². The zero-order valence-corrected chi connectivity index (χ0v) is 14.5. The van der Waals surface area contributed by atoms with Gasteiger partial charge in [0.05, 0.1) is 4.90 Å². The van der Waals surface area contributed by atoms with Crippen molar-refractivity contribution in [2.24, 2.45) is 0 Å². The third-order valence-corrected chi connectivity index (χ3v) is 4.96. The van der Waals surface area contributed by atoms with E-state index in [0.717, 1.165) is 22.1 Å². The van der Waals surface area contributed by atoms with Crippen LogP contribution in [-0.2, 0) is 9.84 Å². The SMILES string of the molecule is Cc1ccc(-c2cn(C(=O)O)nc2-c2ccc(S(C)(=O)=O)cc2)cc1. The fourth-order valence-electron chi connectivity index (χ4n) is 2.49. The Labute approximate surface area is 145 Å². The van der Waals surface area contributed by atoms with Crippen molar-refractivity contribution < 1.29 is 18.3 Å². The summed E-state index contributed by atoms with van der Waals surface area (Å²) in [6, 6.07) is 13.9. The molecule has 0 bridgehead atoms. The van der Waals surface area contributed by atoms with E-state index >= 15 is 0 Å². The van der Waals surface area contributed by atoms with E-state index in [4.69, 9.17) is 0 Å². The molecule has 0 aliphatic heterocycles. The predicted molar refractivity (Wildman–Crippen MR) is 94.4 cm³/mol. The molecule has 2 aromatic carbocycles. The second kappa shape index (κ2) is 6.18. The van der Waals surface area contributed by atoms with Crippen LogP contribution in [0.25, 0.3) is 22.4 Å². The summed E-state index contributed by atoms with van der Waals surface area (Å²) < 4.78 is 24.1. The van der Waals surface area contributed by atoms with Crippen molar-refractivity contribution in [2.75, 3.05) is 6.26 Å². The highest BCUT2D eigenvalue weighted by molar-refractivity contribution is 7.90. The highest BCUT2D eigenvalue weighted by Crippen LogP contribution is 2.31. The van der Waals surface area contributed by atoms with E-state index in [2.05, 4.69) is 5.10 Å². The van der Waals surface area contributed by atoms with Gasteiger partial charge in [0.2, 0.25) is 0 Å². The Kier molecular flexibility index (Phi) is 4.18. The first-order valence-electron chi connectivity index (χ1n) is 7.46. The van der Waals surface area contributed by atoms with E-state index in [9.17, 15) is 18.3 Å². The molecule has 25 heavy (non-hydrogen) atoms. The van der Waals surface area contributed by atoms with Crippen LogP contribution in [0.4, 0.5) is 4.79 Å². The summed E-state index contributed by atoms with van der Waals surface area (Å²) in [5.74, 6) is 0. The number of nitrogens with zero attached hydrogens (tertiary/aromatic N) is 2. The lowest BCUT2D eigenvalue weighted by Gasteiger charge is -2.04. The van der Waals surface area contributed by atoms with E-state index in [-0.39, 0.29) is 4.90 Å². The fraction of sp³-hybridized carbons (Fsp3) is 0.111. The number of benzene rings is 2. The highest BCUT2D eigenvalue weighted by atomic mass is 32.2. The van der Waals surface area contributed by atoms with Gasteiger partial charge in [-0.15, -0.1) is 0 Å². The monoisotopic (exact) mass is 356 g/mol. The first-order valence-corrected chi connectivity index (χ1v) is 9.35. The van der Waals surface area contributed by atoms with Gasteiger partial charge in [0.15, 0.2) is 9.84 Å². The van der Waals surface area contributed by atoms with Crippen LogP contribution in [0.1, 0.15) is 5.56 Å². The van der Waals surface area contributed by atoms with Crippen LogP contribution >= 0.6 is 0 Å². The molecule has 7 heteroatoms. The number of aryl methyl sites for hydroxylation is 1. The van der Waals surface area contributed by atoms with E-state index in [1.807, 2.05) is 31.2 Å². The minimum Gasteiger partial charge on any atom is -0.463 e. The van der Waals surface area contributed by atoms with Crippen LogP contribution in [0.2, 0.25) is 0 Å². The number of carbonyl (C=O) groups is 1. The molecule has 1 aromatic heterocycles. The average Bonchev–Trinajstić information content (AvgIpc) is 3.00. The zero-order chi connectivity index (χ0) is 18.2. The van der Waals surface area contributed by atoms with Crippen LogP contribution in [0.15, 0.2) is 59.6 Å². The number of sulfone groups is 1. The minimum atomic E-state index is -3.30. The van der Waals surface area contributed by atoms with Crippen LogP contribution in [-0.4, -0.2) is 35.7 Å². The Balaban J connectivity index is 2.14. The van der Waals surface area contributed by atoms with Gasteiger partial charge >= 0.3 is 6.09 Å². The van der Waals surface area contributed by atoms with Crippen LogP contribution in [0.3, 0.4) is 0 Å². The van der Waals surface area contributed by atoms with E-state index in [1.54, 1.807) is 12.1 Å². The minimum absolute atomic E-state index is 0.200. The van der Waals surface area contributed by atoms with Crippen molar-refractivity contribution in [3.05, 3.63) is 60.3 Å². The van der Waals surface area contributed by atoms with Crippen molar-refractivity contribution in [1.82, 2.24) is 9.78 Å². The largest absolute Gasteiger partial charge is 0.463 e. The molecule has 0 saturated carbocycles. The summed E-state index contributed by atoms with van der Waals surface area (Å²) in [5.41, 5.74) is 3.71. The molecule has 3 rings (SSSR count). The second-order valence-corrected chi connectivity index (χ2v) is 7.80. The van der Waals surface area contributed by atoms with E-state index < -0.39 is 15.9 Å². The first-order chi connectivity index (χ1) is 11.8. The lowest BCUT2D eigenvalue weighted by molar-refractivity contribution is 0.192. The molecular weight excluding hydrogens is 340 g/mol. The molecule has 0 radical (unpaired) electrons. The van der Waals surface area contributed by atoms with Gasteiger partial charge in [-0.05, 0) is 24.6 Å². The van der Waals surface area contributed by atoms with Crippen molar-refractivity contribution in [2.45, 2.75) is 11.8 Å². The Bertz CT molecular complexity index is 1030. The molecule has 0 fully saturated rings. The molecule has 3 aromatic rings. The van der Waals surface area contributed by atoms with Gasteiger partial charge in [0.25, 0.3) is 0 Å². The third kappa shape index (κ3) is 3.46. The van der Waals surface area contributed by atoms with Crippen LogP contribution < -0.4 is 0 Å². The molecule has 128 valence electrons. The lowest BCUT2D eigenvalue weighted by Crippen LogP contribution is -2.07. The van der Waals surface area contributed by atoms with Gasteiger partial charge in [-0.1, -0.05) is 42.0 Å². The maximum absolute atomic E-state index is 11.6. The maximum Gasteiger partial charge on any atom is 0.432 e. The lowest BCUT2D eigenvalue weighted by atomic mass is 10.0. The number of hydrogen-bond acceptors (Lipinski definition) is 4. The Morgan fingerprint density at radius 1 is 1.00 bits per heavy atom. The smallest absolute Gasteiger partial charge is 0.432 e. The Morgan fingerprint density at radius 2 is 1.56 bits per heavy atom. The Hall–Kier alpha value is -2.93. The molecule has 6 nitrogen and oxygen atoms in total. The topological polar surface area (TPSA) is 89.3 Å². The highest BCUT2D eigenvalue weighted by Gasteiger charge is 2.16. The number of carboxylic acid groups (broad SMARTS) is 1. The van der Waals surface area contributed by atoms with Gasteiger partial charge in [0.1, 0.15) is 5.69 Å². The van der Waals surface area contributed by atoms with Gasteiger partial charge in [-0.25, -0.2) is 13.2 Å². The summed E-state index contributed by atoms with van der Waals surface area (Å²) in [4.78, 5) is 11.5.